The zero-order chi connectivity index (χ0) is 10.3. The van der Waals surface area contributed by atoms with Crippen molar-refractivity contribution in [1.29, 1.82) is 0 Å². The second-order valence-electron chi connectivity index (χ2n) is 2.67. The lowest BCUT2D eigenvalue weighted by Gasteiger charge is -2.03. The number of unbranched alkanes of at least 4 members (excludes halogenated alkanes) is 1. The van der Waals surface area contributed by atoms with Crippen LogP contribution in [-0.2, 0) is 14.8 Å². The van der Waals surface area contributed by atoms with Crippen LogP contribution in [0.25, 0.3) is 0 Å². The van der Waals surface area contributed by atoms with Crippen LogP contribution in [0.2, 0.25) is 0 Å². The first kappa shape index (κ1) is 12.4. The molecule has 0 spiro atoms. The van der Waals surface area contributed by atoms with E-state index in [0.717, 1.165) is 6.42 Å². The van der Waals surface area contributed by atoms with E-state index in [2.05, 4.69) is 0 Å². The van der Waals surface area contributed by atoms with Gasteiger partial charge in [0.25, 0.3) is 0 Å². The molecular formula is C7H16N2O3S. The SMILES string of the molecule is CCS(=O)(=O)NC(=O)CCCCN. The van der Waals surface area contributed by atoms with Gasteiger partial charge in [0.15, 0.2) is 0 Å². The van der Waals surface area contributed by atoms with Crippen molar-refractivity contribution < 1.29 is 13.2 Å². The van der Waals surface area contributed by atoms with E-state index >= 15 is 0 Å². The van der Waals surface area contributed by atoms with E-state index < -0.39 is 15.9 Å². The molecule has 0 aromatic carbocycles. The summed E-state index contributed by atoms with van der Waals surface area (Å²) < 4.78 is 23.7. The van der Waals surface area contributed by atoms with Crippen LogP contribution in [0.3, 0.4) is 0 Å². The van der Waals surface area contributed by atoms with Gasteiger partial charge in [0, 0.05) is 6.42 Å². The van der Waals surface area contributed by atoms with Crippen LogP contribution < -0.4 is 10.5 Å². The lowest BCUT2D eigenvalue weighted by molar-refractivity contribution is -0.119. The second kappa shape index (κ2) is 5.93. The van der Waals surface area contributed by atoms with Gasteiger partial charge in [-0.15, -0.1) is 0 Å². The molecule has 0 saturated carbocycles. The van der Waals surface area contributed by atoms with Gasteiger partial charge in [-0.25, -0.2) is 8.42 Å². The van der Waals surface area contributed by atoms with Crippen LogP contribution in [0, 0.1) is 0 Å². The van der Waals surface area contributed by atoms with Crippen LogP contribution >= 0.6 is 0 Å². The third-order valence-electron chi connectivity index (χ3n) is 1.51. The van der Waals surface area contributed by atoms with Crippen molar-refractivity contribution in [3.63, 3.8) is 0 Å². The fraction of sp³-hybridized carbons (Fsp3) is 0.857. The number of sulfonamides is 1. The quantitative estimate of drug-likeness (QED) is 0.580. The van der Waals surface area contributed by atoms with Crippen molar-refractivity contribution in [3.05, 3.63) is 0 Å². The Kier molecular flexibility index (Phi) is 5.65. The zero-order valence-electron chi connectivity index (χ0n) is 7.75. The third kappa shape index (κ3) is 6.53. The summed E-state index contributed by atoms with van der Waals surface area (Å²) in [5.74, 6) is -0.523. The minimum absolute atomic E-state index is 0.0738. The molecule has 1 amide bonds. The van der Waals surface area contributed by atoms with Crippen LogP contribution in [0.5, 0.6) is 0 Å². The number of carbonyl (C=O) groups excluding carboxylic acids is 1. The van der Waals surface area contributed by atoms with E-state index in [4.69, 9.17) is 5.73 Å². The van der Waals surface area contributed by atoms with Gasteiger partial charge in [-0.2, -0.15) is 0 Å². The van der Waals surface area contributed by atoms with E-state index in [0.29, 0.717) is 13.0 Å². The van der Waals surface area contributed by atoms with E-state index in [1.165, 1.54) is 6.92 Å². The van der Waals surface area contributed by atoms with E-state index in [-0.39, 0.29) is 12.2 Å². The Labute approximate surface area is 78.7 Å². The predicted molar refractivity (Wildman–Crippen MR) is 50.5 cm³/mol. The minimum atomic E-state index is -3.39. The third-order valence-corrected chi connectivity index (χ3v) is 2.81. The number of hydrogen-bond acceptors (Lipinski definition) is 4. The molecule has 0 unspecified atom stereocenters. The summed E-state index contributed by atoms with van der Waals surface area (Å²) in [7, 11) is -3.39. The molecule has 78 valence electrons. The van der Waals surface area contributed by atoms with Crippen molar-refractivity contribution in [2.45, 2.75) is 26.2 Å². The Morgan fingerprint density at radius 2 is 2.00 bits per heavy atom. The van der Waals surface area contributed by atoms with Crippen LogP contribution in [0.4, 0.5) is 0 Å². The number of hydrogen-bond donors (Lipinski definition) is 2. The fourth-order valence-electron chi connectivity index (χ4n) is 0.727. The largest absolute Gasteiger partial charge is 0.330 e. The highest BCUT2D eigenvalue weighted by atomic mass is 32.2. The Morgan fingerprint density at radius 3 is 2.46 bits per heavy atom. The highest BCUT2D eigenvalue weighted by molar-refractivity contribution is 7.90. The fourth-order valence-corrected chi connectivity index (χ4v) is 1.32. The van der Waals surface area contributed by atoms with Gasteiger partial charge < -0.3 is 5.73 Å². The Bertz CT molecular complexity index is 248. The summed E-state index contributed by atoms with van der Waals surface area (Å²) in [6, 6.07) is 0. The molecular weight excluding hydrogens is 192 g/mol. The maximum absolute atomic E-state index is 11.0. The lowest BCUT2D eigenvalue weighted by Crippen LogP contribution is -2.31. The Hall–Kier alpha value is -0.620. The molecule has 0 rings (SSSR count). The summed E-state index contributed by atoms with van der Waals surface area (Å²) in [5.41, 5.74) is 5.22. The van der Waals surface area contributed by atoms with Gasteiger partial charge in [-0.05, 0) is 26.3 Å². The predicted octanol–water partition coefficient (Wildman–Crippen LogP) is -0.419. The van der Waals surface area contributed by atoms with Crippen molar-refractivity contribution in [3.8, 4) is 0 Å². The monoisotopic (exact) mass is 208 g/mol. The smallest absolute Gasteiger partial charge is 0.234 e. The normalized spacial score (nSPS) is 11.2. The van der Waals surface area contributed by atoms with Gasteiger partial charge in [0.05, 0.1) is 5.75 Å². The molecule has 13 heavy (non-hydrogen) atoms. The van der Waals surface area contributed by atoms with Crippen LogP contribution in [0.1, 0.15) is 26.2 Å². The summed E-state index contributed by atoms with van der Waals surface area (Å²) in [6.45, 7) is 2.00. The molecule has 0 aromatic heterocycles. The molecule has 0 aliphatic rings. The first-order chi connectivity index (χ1) is 6.02. The molecule has 0 saturated heterocycles. The first-order valence-electron chi connectivity index (χ1n) is 4.25. The van der Waals surface area contributed by atoms with Crippen molar-refractivity contribution >= 4 is 15.9 Å². The molecule has 6 heteroatoms. The average Bonchev–Trinajstić information content (AvgIpc) is 2.04. The van der Waals surface area contributed by atoms with Crippen LogP contribution in [0.15, 0.2) is 0 Å². The average molecular weight is 208 g/mol. The first-order valence-corrected chi connectivity index (χ1v) is 5.90. The molecule has 0 aliphatic carbocycles. The van der Waals surface area contributed by atoms with Crippen LogP contribution in [-0.4, -0.2) is 26.6 Å². The zero-order valence-corrected chi connectivity index (χ0v) is 8.56. The van der Waals surface area contributed by atoms with Crippen molar-refractivity contribution in [2.75, 3.05) is 12.3 Å². The molecule has 5 nitrogen and oxygen atoms in total. The summed E-state index contributed by atoms with van der Waals surface area (Å²) in [6.07, 6.45) is 1.58. The number of carbonyl (C=O) groups is 1. The standard InChI is InChI=1S/C7H16N2O3S/c1-2-13(11,12)9-7(10)5-3-4-6-8/h2-6,8H2,1H3,(H,9,10). The van der Waals surface area contributed by atoms with Crippen molar-refractivity contribution in [1.82, 2.24) is 4.72 Å². The van der Waals surface area contributed by atoms with Gasteiger partial charge in [-0.3, -0.25) is 9.52 Å². The maximum Gasteiger partial charge on any atom is 0.234 e. The van der Waals surface area contributed by atoms with E-state index in [9.17, 15) is 13.2 Å². The molecule has 0 atom stereocenters. The molecule has 0 aliphatic heterocycles. The molecule has 3 N–H and O–H groups in total. The minimum Gasteiger partial charge on any atom is -0.330 e. The highest BCUT2D eigenvalue weighted by Crippen LogP contribution is 1.94. The molecule has 0 radical (unpaired) electrons. The van der Waals surface area contributed by atoms with E-state index in [1.807, 2.05) is 4.72 Å². The molecule has 0 aromatic rings. The highest BCUT2D eigenvalue weighted by Gasteiger charge is 2.10. The summed E-state index contributed by atoms with van der Waals surface area (Å²) in [4.78, 5) is 11.0. The number of rotatable bonds is 6. The molecule has 0 fully saturated rings. The van der Waals surface area contributed by atoms with Gasteiger partial charge in [0.1, 0.15) is 0 Å². The second-order valence-corrected chi connectivity index (χ2v) is 4.69. The summed E-state index contributed by atoms with van der Waals surface area (Å²) >= 11 is 0. The van der Waals surface area contributed by atoms with E-state index in [1.54, 1.807) is 0 Å². The van der Waals surface area contributed by atoms with Crippen molar-refractivity contribution in [2.24, 2.45) is 5.73 Å². The Morgan fingerprint density at radius 1 is 1.38 bits per heavy atom. The van der Waals surface area contributed by atoms with Gasteiger partial charge in [-0.1, -0.05) is 0 Å². The lowest BCUT2D eigenvalue weighted by atomic mass is 10.2. The maximum atomic E-state index is 11.0. The molecule has 0 heterocycles. The number of amides is 1. The molecule has 0 bridgehead atoms. The summed E-state index contributed by atoms with van der Waals surface area (Å²) in [5, 5.41) is 0. The number of nitrogens with one attached hydrogen (secondary N) is 1. The van der Waals surface area contributed by atoms with Gasteiger partial charge >= 0.3 is 0 Å². The topological polar surface area (TPSA) is 89.3 Å². The van der Waals surface area contributed by atoms with Gasteiger partial charge in [0.2, 0.25) is 15.9 Å². The Balaban J connectivity index is 3.75. The number of nitrogens with two attached hydrogens (primary N) is 1.